The van der Waals surface area contributed by atoms with Gasteiger partial charge >= 0.3 is 0 Å². The molecule has 1 atom stereocenters. The van der Waals surface area contributed by atoms with Gasteiger partial charge in [0.05, 0.1) is 11.0 Å². The van der Waals surface area contributed by atoms with Crippen LogP contribution >= 0.6 is 0 Å². The van der Waals surface area contributed by atoms with Crippen LogP contribution in [0.15, 0.2) is 48.5 Å². The quantitative estimate of drug-likeness (QED) is 0.577. The van der Waals surface area contributed by atoms with Crippen LogP contribution in [-0.2, 0) is 29.1 Å². The van der Waals surface area contributed by atoms with Gasteiger partial charge in [-0.25, -0.2) is 4.98 Å². The van der Waals surface area contributed by atoms with Crippen LogP contribution in [0.2, 0.25) is 0 Å². The Hall–Kier alpha value is -3.15. The Morgan fingerprint density at radius 2 is 1.81 bits per heavy atom. The molecule has 6 nitrogen and oxygen atoms in total. The summed E-state index contributed by atoms with van der Waals surface area (Å²) >= 11 is 0. The number of aromatic nitrogens is 2. The van der Waals surface area contributed by atoms with E-state index in [1.165, 1.54) is 0 Å². The van der Waals surface area contributed by atoms with Crippen molar-refractivity contribution in [2.45, 2.75) is 59.2 Å². The van der Waals surface area contributed by atoms with Gasteiger partial charge in [0, 0.05) is 32.5 Å². The fourth-order valence-electron chi connectivity index (χ4n) is 4.53. The van der Waals surface area contributed by atoms with Crippen LogP contribution in [0.3, 0.4) is 0 Å². The van der Waals surface area contributed by atoms with E-state index in [2.05, 4.69) is 33.1 Å². The Labute approximate surface area is 189 Å². The van der Waals surface area contributed by atoms with E-state index >= 15 is 0 Å². The fraction of sp³-hybridized carbons (Fsp3) is 0.423. The molecular formula is C26H32N4O2. The number of hydrogen-bond acceptors (Lipinski definition) is 3. The molecule has 0 radical (unpaired) electrons. The predicted molar refractivity (Wildman–Crippen MR) is 126 cm³/mol. The van der Waals surface area contributed by atoms with Gasteiger partial charge in [0.25, 0.3) is 0 Å². The highest BCUT2D eigenvalue weighted by Crippen LogP contribution is 2.25. The molecule has 0 bridgehead atoms. The smallest absolute Gasteiger partial charge is 0.243 e. The molecule has 6 heteroatoms. The SMILES string of the molecule is Cc1nc2ccccc2n1CCCNC(=O)C1Cc2ccccc2CN1C(=O)CC(C)C. The lowest BCUT2D eigenvalue weighted by Gasteiger charge is -2.36. The van der Waals surface area contributed by atoms with E-state index in [9.17, 15) is 9.59 Å². The summed E-state index contributed by atoms with van der Waals surface area (Å²) in [7, 11) is 0. The molecule has 0 saturated heterocycles. The number of carbonyl (C=O) groups excluding carboxylic acids is 2. The molecule has 1 unspecified atom stereocenters. The molecule has 1 N–H and O–H groups in total. The van der Waals surface area contributed by atoms with Crippen molar-refractivity contribution in [2.75, 3.05) is 6.54 Å². The molecule has 3 aromatic rings. The van der Waals surface area contributed by atoms with E-state index < -0.39 is 6.04 Å². The average Bonchev–Trinajstić information content (AvgIpc) is 3.10. The van der Waals surface area contributed by atoms with Gasteiger partial charge in [0.15, 0.2) is 0 Å². The fourth-order valence-corrected chi connectivity index (χ4v) is 4.53. The van der Waals surface area contributed by atoms with Crippen LogP contribution in [0.4, 0.5) is 0 Å². The highest BCUT2D eigenvalue weighted by atomic mass is 16.2. The molecule has 2 aromatic carbocycles. The number of imidazole rings is 1. The van der Waals surface area contributed by atoms with Crippen LogP contribution in [0, 0.1) is 12.8 Å². The zero-order chi connectivity index (χ0) is 22.7. The molecule has 4 rings (SSSR count). The first kappa shape index (κ1) is 22.1. The summed E-state index contributed by atoms with van der Waals surface area (Å²) in [5.74, 6) is 1.22. The molecule has 0 saturated carbocycles. The molecule has 1 aliphatic rings. The van der Waals surface area contributed by atoms with Gasteiger partial charge in [0.1, 0.15) is 11.9 Å². The second-order valence-electron chi connectivity index (χ2n) is 9.05. The van der Waals surface area contributed by atoms with Crippen LogP contribution in [0.1, 0.15) is 43.6 Å². The minimum absolute atomic E-state index is 0.0511. The van der Waals surface area contributed by atoms with Gasteiger partial charge in [-0.3, -0.25) is 9.59 Å². The zero-order valence-electron chi connectivity index (χ0n) is 19.2. The van der Waals surface area contributed by atoms with Gasteiger partial charge in [-0.2, -0.15) is 0 Å². The van der Waals surface area contributed by atoms with E-state index in [0.29, 0.717) is 25.9 Å². The number of carbonyl (C=O) groups is 2. The molecule has 2 amide bonds. The standard InChI is InChI=1S/C26H32N4O2/c1-18(2)15-25(31)30-17-21-10-5-4-9-20(21)16-24(30)26(32)27-13-8-14-29-19(3)28-22-11-6-7-12-23(22)29/h4-7,9-12,18,24H,8,13-17H2,1-3H3,(H,27,32). The van der Waals surface area contributed by atoms with Crippen molar-refractivity contribution in [2.24, 2.45) is 5.92 Å². The summed E-state index contributed by atoms with van der Waals surface area (Å²) in [6, 6.07) is 15.8. The van der Waals surface area contributed by atoms with Crippen LogP contribution in [0.5, 0.6) is 0 Å². The zero-order valence-corrected chi connectivity index (χ0v) is 19.2. The normalized spacial score (nSPS) is 15.8. The van der Waals surface area contributed by atoms with Gasteiger partial charge in [-0.05, 0) is 42.5 Å². The first-order valence-corrected chi connectivity index (χ1v) is 11.5. The van der Waals surface area contributed by atoms with E-state index in [1.807, 2.05) is 51.1 Å². The van der Waals surface area contributed by atoms with Crippen LogP contribution < -0.4 is 5.32 Å². The number of hydrogen-bond donors (Lipinski definition) is 1. The van der Waals surface area contributed by atoms with Crippen molar-refractivity contribution in [3.63, 3.8) is 0 Å². The van der Waals surface area contributed by atoms with Crippen molar-refractivity contribution < 1.29 is 9.59 Å². The van der Waals surface area contributed by atoms with E-state index in [4.69, 9.17) is 0 Å². The molecule has 1 aliphatic heterocycles. The number of amides is 2. The van der Waals surface area contributed by atoms with Gasteiger partial charge in [0.2, 0.25) is 11.8 Å². The Balaban J connectivity index is 1.40. The molecular weight excluding hydrogens is 400 g/mol. The maximum Gasteiger partial charge on any atom is 0.243 e. The number of para-hydroxylation sites is 2. The van der Waals surface area contributed by atoms with Gasteiger partial charge < -0.3 is 14.8 Å². The highest BCUT2D eigenvalue weighted by molar-refractivity contribution is 5.88. The molecule has 0 aliphatic carbocycles. The van der Waals surface area contributed by atoms with Crippen LogP contribution in [0.25, 0.3) is 11.0 Å². The first-order valence-electron chi connectivity index (χ1n) is 11.5. The summed E-state index contributed by atoms with van der Waals surface area (Å²) in [6.07, 6.45) is 1.83. The molecule has 0 spiro atoms. The Morgan fingerprint density at radius 3 is 2.59 bits per heavy atom. The summed E-state index contributed by atoms with van der Waals surface area (Å²) in [5, 5.41) is 3.08. The summed E-state index contributed by atoms with van der Waals surface area (Å²) in [6.45, 7) is 7.93. The maximum atomic E-state index is 13.1. The molecule has 1 aromatic heterocycles. The number of aryl methyl sites for hydroxylation is 2. The Bertz CT molecular complexity index is 1120. The van der Waals surface area contributed by atoms with Gasteiger partial charge in [-0.15, -0.1) is 0 Å². The third-order valence-electron chi connectivity index (χ3n) is 6.16. The second kappa shape index (κ2) is 9.55. The Kier molecular flexibility index (Phi) is 6.58. The summed E-state index contributed by atoms with van der Waals surface area (Å²) < 4.78 is 2.19. The summed E-state index contributed by atoms with van der Waals surface area (Å²) in [4.78, 5) is 32.4. The lowest BCUT2D eigenvalue weighted by molar-refractivity contribution is -0.142. The summed E-state index contributed by atoms with van der Waals surface area (Å²) in [5.41, 5.74) is 4.40. The lowest BCUT2D eigenvalue weighted by atomic mass is 9.92. The third kappa shape index (κ3) is 4.69. The number of fused-ring (bicyclic) bond motifs is 2. The maximum absolute atomic E-state index is 13.1. The van der Waals surface area contributed by atoms with Crippen molar-refractivity contribution in [3.05, 3.63) is 65.5 Å². The first-order chi connectivity index (χ1) is 15.4. The molecule has 32 heavy (non-hydrogen) atoms. The minimum Gasteiger partial charge on any atom is -0.354 e. The number of nitrogens with one attached hydrogen (secondary N) is 1. The topological polar surface area (TPSA) is 67.2 Å². The van der Waals surface area contributed by atoms with Crippen molar-refractivity contribution in [3.8, 4) is 0 Å². The lowest BCUT2D eigenvalue weighted by Crippen LogP contribution is -2.52. The predicted octanol–water partition coefficient (Wildman–Crippen LogP) is 3.85. The largest absolute Gasteiger partial charge is 0.354 e. The second-order valence-corrected chi connectivity index (χ2v) is 9.05. The number of benzene rings is 2. The van der Waals surface area contributed by atoms with Crippen LogP contribution in [-0.4, -0.2) is 38.9 Å². The van der Waals surface area contributed by atoms with E-state index in [0.717, 1.165) is 41.0 Å². The number of nitrogens with zero attached hydrogens (tertiary/aromatic N) is 3. The Morgan fingerprint density at radius 1 is 1.09 bits per heavy atom. The monoisotopic (exact) mass is 432 g/mol. The average molecular weight is 433 g/mol. The molecule has 0 fully saturated rings. The van der Waals surface area contributed by atoms with Crippen molar-refractivity contribution in [1.82, 2.24) is 19.8 Å². The van der Waals surface area contributed by atoms with Crippen molar-refractivity contribution >= 4 is 22.8 Å². The minimum atomic E-state index is -0.452. The van der Waals surface area contributed by atoms with E-state index in [1.54, 1.807) is 4.90 Å². The number of rotatable bonds is 7. The van der Waals surface area contributed by atoms with Gasteiger partial charge in [-0.1, -0.05) is 50.2 Å². The highest BCUT2D eigenvalue weighted by Gasteiger charge is 2.34. The van der Waals surface area contributed by atoms with E-state index in [-0.39, 0.29) is 17.7 Å². The molecule has 168 valence electrons. The van der Waals surface area contributed by atoms with Crippen molar-refractivity contribution in [1.29, 1.82) is 0 Å². The molecule has 2 heterocycles. The third-order valence-corrected chi connectivity index (χ3v) is 6.16.